The van der Waals surface area contributed by atoms with Crippen LogP contribution in [0.15, 0.2) is 36.9 Å². The molecule has 0 N–H and O–H groups in total. The summed E-state index contributed by atoms with van der Waals surface area (Å²) in [6.45, 7) is 7.47. The van der Waals surface area contributed by atoms with E-state index in [-0.39, 0.29) is 0 Å². The van der Waals surface area contributed by atoms with Gasteiger partial charge in [-0.2, -0.15) is 0 Å². The van der Waals surface area contributed by atoms with Gasteiger partial charge in [0.05, 0.1) is 0 Å². The van der Waals surface area contributed by atoms with Crippen LogP contribution in [0.25, 0.3) is 12.7 Å². The first-order valence-electron chi connectivity index (χ1n) is 3.21. The molecule has 0 spiro atoms. The first-order valence-corrected chi connectivity index (χ1v) is 3.21. The quantitative estimate of drug-likeness (QED) is 0.533. The van der Waals surface area contributed by atoms with Crippen LogP contribution in [0.3, 0.4) is 0 Å². The lowest BCUT2D eigenvalue weighted by Gasteiger charge is -1.83. The fraction of sp³-hybridized carbons (Fsp3) is 0. The van der Waals surface area contributed by atoms with E-state index in [0.717, 1.165) is 10.4 Å². The highest BCUT2D eigenvalue weighted by Crippen LogP contribution is 1.70. The van der Waals surface area contributed by atoms with Gasteiger partial charge in [-0.1, -0.05) is 49.6 Å². The lowest BCUT2D eigenvalue weighted by Crippen LogP contribution is -2.21. The molecule has 0 fully saturated rings. The van der Waals surface area contributed by atoms with Crippen molar-refractivity contribution in [1.82, 2.24) is 0 Å². The van der Waals surface area contributed by atoms with E-state index >= 15 is 0 Å². The minimum atomic E-state index is 1.04. The van der Waals surface area contributed by atoms with Crippen LogP contribution in [0.4, 0.5) is 0 Å². The third-order valence-electron chi connectivity index (χ3n) is 1.35. The highest BCUT2D eigenvalue weighted by atomic mass is 13.8. The molecule has 0 saturated carbocycles. The van der Waals surface area contributed by atoms with E-state index in [1.54, 1.807) is 6.08 Å². The second-order valence-electron chi connectivity index (χ2n) is 2.10. The van der Waals surface area contributed by atoms with E-state index in [4.69, 9.17) is 0 Å². The topological polar surface area (TPSA) is 0 Å². The molecule has 0 nitrogen and oxygen atoms in total. The van der Waals surface area contributed by atoms with Gasteiger partial charge >= 0.3 is 0 Å². The number of hydrogen-bond acceptors (Lipinski definition) is 0. The Morgan fingerprint density at radius 2 is 1.90 bits per heavy atom. The zero-order valence-corrected chi connectivity index (χ0v) is 5.88. The molecule has 0 amide bonds. The normalized spacial score (nSPS) is 11.4. The zero-order chi connectivity index (χ0) is 7.40. The largest absolute Gasteiger partial charge is 0.0990 e. The molecule has 0 unspecified atom stereocenters. The molecular weight excluding hydrogens is 120 g/mol. The number of allylic oxidation sites excluding steroid dienone is 1. The molecule has 1 aromatic carbocycles. The molecule has 0 heteroatoms. The summed E-state index contributed by atoms with van der Waals surface area (Å²) in [6.07, 6.45) is 3.71. The van der Waals surface area contributed by atoms with Crippen LogP contribution in [-0.4, -0.2) is 0 Å². The van der Waals surface area contributed by atoms with Crippen molar-refractivity contribution >= 4 is 12.7 Å². The maximum absolute atomic E-state index is 3.86. The highest BCUT2D eigenvalue weighted by molar-refractivity contribution is 5.35. The SMILES string of the molecule is C=CC=c1ccccc1=C. The van der Waals surface area contributed by atoms with Crippen LogP contribution in [0.5, 0.6) is 0 Å². The zero-order valence-electron chi connectivity index (χ0n) is 5.88. The molecule has 50 valence electrons. The van der Waals surface area contributed by atoms with Crippen LogP contribution in [0.1, 0.15) is 0 Å². The summed E-state index contributed by atoms with van der Waals surface area (Å²) < 4.78 is 0. The van der Waals surface area contributed by atoms with Crippen LogP contribution >= 0.6 is 0 Å². The third kappa shape index (κ3) is 1.35. The fourth-order valence-corrected chi connectivity index (χ4v) is 0.824. The molecular formula is C10H10. The van der Waals surface area contributed by atoms with Gasteiger partial charge in [0.1, 0.15) is 0 Å². The molecule has 0 aliphatic rings. The average Bonchev–Trinajstić information content (AvgIpc) is 1.94. The lowest BCUT2D eigenvalue weighted by atomic mass is 10.2. The van der Waals surface area contributed by atoms with Gasteiger partial charge in [-0.05, 0) is 10.4 Å². The number of rotatable bonds is 1. The first kappa shape index (κ1) is 6.81. The van der Waals surface area contributed by atoms with E-state index in [2.05, 4.69) is 13.2 Å². The molecule has 0 aromatic heterocycles. The van der Waals surface area contributed by atoms with Crippen LogP contribution in [0, 0.1) is 0 Å². The minimum absolute atomic E-state index is 1.04. The average molecular weight is 130 g/mol. The highest BCUT2D eigenvalue weighted by Gasteiger charge is 1.75. The Kier molecular flexibility index (Phi) is 2.06. The summed E-state index contributed by atoms with van der Waals surface area (Å²) in [4.78, 5) is 0. The second kappa shape index (κ2) is 3.02. The monoisotopic (exact) mass is 130 g/mol. The van der Waals surface area contributed by atoms with Crippen molar-refractivity contribution in [2.24, 2.45) is 0 Å². The van der Waals surface area contributed by atoms with Crippen molar-refractivity contribution in [1.29, 1.82) is 0 Å². The van der Waals surface area contributed by atoms with Gasteiger partial charge in [0, 0.05) is 0 Å². The Morgan fingerprint density at radius 1 is 1.20 bits per heavy atom. The molecule has 0 aliphatic carbocycles. The molecule has 0 radical (unpaired) electrons. The molecule has 0 atom stereocenters. The van der Waals surface area contributed by atoms with E-state index in [0.29, 0.717) is 0 Å². The predicted octanol–water partition coefficient (Wildman–Crippen LogP) is 1.06. The predicted molar refractivity (Wildman–Crippen MR) is 45.9 cm³/mol. The molecule has 1 aromatic rings. The Labute approximate surface area is 60.8 Å². The van der Waals surface area contributed by atoms with Crippen molar-refractivity contribution in [3.8, 4) is 0 Å². The summed E-state index contributed by atoms with van der Waals surface area (Å²) in [6, 6.07) is 7.96. The Balaban J connectivity index is 3.43. The van der Waals surface area contributed by atoms with Crippen LogP contribution in [0.2, 0.25) is 0 Å². The van der Waals surface area contributed by atoms with Crippen molar-refractivity contribution in [3.63, 3.8) is 0 Å². The fourth-order valence-electron chi connectivity index (χ4n) is 0.824. The standard InChI is InChI=1S/C10H10/c1-3-6-10-8-5-4-7-9(10)2/h3-8H,1-2H2. The van der Waals surface area contributed by atoms with E-state index in [1.165, 1.54) is 0 Å². The van der Waals surface area contributed by atoms with E-state index in [9.17, 15) is 0 Å². The van der Waals surface area contributed by atoms with Crippen LogP contribution in [-0.2, 0) is 0 Å². The number of hydrogen-bond donors (Lipinski definition) is 0. The van der Waals surface area contributed by atoms with Gasteiger partial charge in [-0.15, -0.1) is 0 Å². The van der Waals surface area contributed by atoms with Gasteiger partial charge in [0.25, 0.3) is 0 Å². The molecule has 0 bridgehead atoms. The summed E-state index contributed by atoms with van der Waals surface area (Å²) >= 11 is 0. The lowest BCUT2D eigenvalue weighted by molar-refractivity contribution is 1.54. The minimum Gasteiger partial charge on any atom is -0.0990 e. The summed E-state index contributed by atoms with van der Waals surface area (Å²) in [7, 11) is 0. The summed E-state index contributed by atoms with van der Waals surface area (Å²) in [5, 5.41) is 2.18. The molecule has 10 heavy (non-hydrogen) atoms. The third-order valence-corrected chi connectivity index (χ3v) is 1.35. The Hall–Kier alpha value is -1.30. The first-order chi connectivity index (χ1) is 4.84. The van der Waals surface area contributed by atoms with Gasteiger partial charge in [0.15, 0.2) is 0 Å². The molecule has 1 rings (SSSR count). The van der Waals surface area contributed by atoms with Gasteiger partial charge in [-0.3, -0.25) is 0 Å². The maximum Gasteiger partial charge on any atom is -0.0190 e. The molecule has 0 heterocycles. The second-order valence-corrected chi connectivity index (χ2v) is 2.10. The summed E-state index contributed by atoms with van der Waals surface area (Å²) in [5.74, 6) is 0. The van der Waals surface area contributed by atoms with Crippen molar-refractivity contribution < 1.29 is 0 Å². The molecule has 0 saturated heterocycles. The smallest absolute Gasteiger partial charge is 0.0190 e. The van der Waals surface area contributed by atoms with Crippen molar-refractivity contribution in [3.05, 3.63) is 47.4 Å². The van der Waals surface area contributed by atoms with Crippen molar-refractivity contribution in [2.45, 2.75) is 0 Å². The number of benzene rings is 1. The van der Waals surface area contributed by atoms with E-state index in [1.807, 2.05) is 30.3 Å². The van der Waals surface area contributed by atoms with Gasteiger partial charge in [0.2, 0.25) is 0 Å². The van der Waals surface area contributed by atoms with Gasteiger partial charge < -0.3 is 0 Å². The van der Waals surface area contributed by atoms with Gasteiger partial charge in [-0.25, -0.2) is 0 Å². The van der Waals surface area contributed by atoms with Crippen LogP contribution < -0.4 is 10.4 Å². The maximum atomic E-state index is 3.86. The van der Waals surface area contributed by atoms with E-state index < -0.39 is 0 Å². The Bertz CT molecular complexity index is 320. The Morgan fingerprint density at radius 3 is 2.50 bits per heavy atom. The van der Waals surface area contributed by atoms with Crippen molar-refractivity contribution in [2.75, 3.05) is 0 Å². The summed E-state index contributed by atoms with van der Waals surface area (Å²) in [5.41, 5.74) is 0. The molecule has 0 aliphatic heterocycles.